The summed E-state index contributed by atoms with van der Waals surface area (Å²) in [6.07, 6.45) is 4.44. The number of hydrogen-bond acceptors (Lipinski definition) is 4. The molecule has 1 spiro atoms. The minimum Gasteiger partial charge on any atom is -0.497 e. The molecule has 1 aromatic rings. The number of benzene rings is 1. The molecule has 0 amide bonds. The van der Waals surface area contributed by atoms with Gasteiger partial charge in [0.05, 0.1) is 14.2 Å². The molecular formula is C18H21NO3. The van der Waals surface area contributed by atoms with Gasteiger partial charge in [-0.15, -0.1) is 0 Å². The van der Waals surface area contributed by atoms with Crippen LogP contribution < -0.4 is 14.8 Å². The molecule has 1 N–H and O–H groups in total. The second-order valence-corrected chi connectivity index (χ2v) is 6.88. The first-order chi connectivity index (χ1) is 10.8. The van der Waals surface area contributed by atoms with E-state index in [0.29, 0.717) is 17.9 Å². The summed E-state index contributed by atoms with van der Waals surface area (Å²) in [5.41, 5.74) is 2.92. The van der Waals surface area contributed by atoms with Gasteiger partial charge >= 0.3 is 0 Å². The summed E-state index contributed by atoms with van der Waals surface area (Å²) < 4.78 is 17.6. The zero-order valence-corrected chi connectivity index (χ0v) is 13.2. The van der Waals surface area contributed by atoms with Crippen molar-refractivity contribution in [2.45, 2.75) is 36.3 Å². The maximum atomic E-state index is 6.42. The minimum atomic E-state index is 0.00431. The first kappa shape index (κ1) is 12.8. The third kappa shape index (κ3) is 1.14. The van der Waals surface area contributed by atoms with E-state index in [4.69, 9.17) is 14.2 Å². The summed E-state index contributed by atoms with van der Waals surface area (Å²) in [7, 11) is 5.56. The molecule has 116 valence electrons. The zero-order chi connectivity index (χ0) is 15.1. The van der Waals surface area contributed by atoms with E-state index in [-0.39, 0.29) is 11.5 Å². The molecule has 4 nitrogen and oxygen atoms in total. The van der Waals surface area contributed by atoms with Crippen LogP contribution in [0.4, 0.5) is 0 Å². The fourth-order valence-corrected chi connectivity index (χ4v) is 5.75. The molecule has 4 aliphatic rings. The van der Waals surface area contributed by atoms with Crippen LogP contribution in [0.15, 0.2) is 24.0 Å². The van der Waals surface area contributed by atoms with Gasteiger partial charge in [0.25, 0.3) is 0 Å². The van der Waals surface area contributed by atoms with Crippen LogP contribution in [0.2, 0.25) is 0 Å². The van der Waals surface area contributed by atoms with Crippen molar-refractivity contribution in [1.29, 1.82) is 0 Å². The second-order valence-electron chi connectivity index (χ2n) is 6.88. The first-order valence-corrected chi connectivity index (χ1v) is 8.05. The molecule has 1 aromatic carbocycles. The van der Waals surface area contributed by atoms with Gasteiger partial charge in [0.1, 0.15) is 5.76 Å². The average molecular weight is 299 g/mol. The van der Waals surface area contributed by atoms with E-state index in [0.717, 1.165) is 30.1 Å². The molecule has 1 heterocycles. The van der Waals surface area contributed by atoms with Crippen molar-refractivity contribution in [3.05, 3.63) is 35.1 Å². The molecule has 3 aliphatic carbocycles. The topological polar surface area (TPSA) is 39.7 Å². The highest BCUT2D eigenvalue weighted by molar-refractivity contribution is 5.66. The first-order valence-electron chi connectivity index (χ1n) is 8.05. The molecule has 3 unspecified atom stereocenters. The van der Waals surface area contributed by atoms with Crippen LogP contribution in [0.1, 0.15) is 29.9 Å². The summed E-state index contributed by atoms with van der Waals surface area (Å²) in [5.74, 6) is 3.94. The SMILES string of the molecule is CNC1C2C[C@@]34c5c2ccc(OC)c5O[C@@H]3C(OC)=CCC14. The number of methoxy groups -OCH3 is 2. The summed E-state index contributed by atoms with van der Waals surface area (Å²) in [6.45, 7) is 0. The van der Waals surface area contributed by atoms with Crippen LogP contribution in [-0.2, 0) is 10.2 Å². The number of ether oxygens (including phenoxy) is 3. The van der Waals surface area contributed by atoms with Gasteiger partial charge in [-0.2, -0.15) is 0 Å². The van der Waals surface area contributed by atoms with Crippen LogP contribution in [0.5, 0.6) is 11.5 Å². The van der Waals surface area contributed by atoms with Gasteiger partial charge in [-0.25, -0.2) is 0 Å². The molecule has 0 radical (unpaired) electrons. The lowest BCUT2D eigenvalue weighted by Crippen LogP contribution is -2.50. The second kappa shape index (κ2) is 3.99. The minimum absolute atomic E-state index is 0.00431. The molecular weight excluding hydrogens is 278 g/mol. The third-order valence-corrected chi connectivity index (χ3v) is 6.43. The molecule has 1 saturated carbocycles. The van der Waals surface area contributed by atoms with Gasteiger partial charge in [-0.3, -0.25) is 0 Å². The normalized spacial score (nSPS) is 39.3. The Bertz CT molecular complexity index is 698. The number of likely N-dealkylation sites (N-methyl/N-ethyl adjacent to an activating group) is 1. The lowest BCUT2D eigenvalue weighted by Gasteiger charge is -2.42. The maximum Gasteiger partial charge on any atom is 0.166 e. The number of rotatable bonds is 3. The molecule has 0 aromatic heterocycles. The molecule has 0 saturated heterocycles. The van der Waals surface area contributed by atoms with Gasteiger partial charge < -0.3 is 19.5 Å². The van der Waals surface area contributed by atoms with Crippen molar-refractivity contribution < 1.29 is 14.2 Å². The average Bonchev–Trinajstić information content (AvgIpc) is 3.17. The molecule has 22 heavy (non-hydrogen) atoms. The fraction of sp³-hybridized carbons (Fsp3) is 0.556. The van der Waals surface area contributed by atoms with Gasteiger partial charge in [-0.05, 0) is 43.5 Å². The van der Waals surface area contributed by atoms with Crippen molar-refractivity contribution in [2.75, 3.05) is 21.3 Å². The van der Waals surface area contributed by atoms with Crippen molar-refractivity contribution >= 4 is 0 Å². The Balaban J connectivity index is 1.80. The summed E-state index contributed by atoms with van der Waals surface area (Å²) in [4.78, 5) is 0. The highest BCUT2D eigenvalue weighted by Gasteiger charge is 2.70. The number of allylic oxidation sites excluding steroid dienone is 1. The number of fused-ring (bicyclic) bond motifs is 2. The summed E-state index contributed by atoms with van der Waals surface area (Å²) in [5, 5.41) is 3.58. The Labute approximate surface area is 130 Å². The predicted octanol–water partition coefficient (Wildman–Crippen LogP) is 2.33. The molecule has 4 heteroatoms. The smallest absolute Gasteiger partial charge is 0.166 e. The van der Waals surface area contributed by atoms with Crippen LogP contribution >= 0.6 is 0 Å². The lowest BCUT2D eigenvalue weighted by molar-refractivity contribution is 0.0693. The maximum absolute atomic E-state index is 6.42. The zero-order valence-electron chi connectivity index (χ0n) is 13.2. The van der Waals surface area contributed by atoms with Crippen LogP contribution in [0.3, 0.4) is 0 Å². The summed E-state index contributed by atoms with van der Waals surface area (Å²) >= 11 is 0. The lowest BCUT2D eigenvalue weighted by atomic mass is 9.63. The highest BCUT2D eigenvalue weighted by atomic mass is 16.6. The molecule has 1 fully saturated rings. The van der Waals surface area contributed by atoms with E-state index in [2.05, 4.69) is 30.6 Å². The van der Waals surface area contributed by atoms with Crippen molar-refractivity contribution in [3.63, 3.8) is 0 Å². The van der Waals surface area contributed by atoms with Crippen molar-refractivity contribution in [2.24, 2.45) is 5.92 Å². The molecule has 5 atom stereocenters. The monoisotopic (exact) mass is 299 g/mol. The third-order valence-electron chi connectivity index (χ3n) is 6.43. The van der Waals surface area contributed by atoms with E-state index in [9.17, 15) is 0 Å². The molecule has 1 aliphatic heterocycles. The molecule has 5 rings (SSSR count). The fourth-order valence-electron chi connectivity index (χ4n) is 5.75. The Hall–Kier alpha value is -1.68. The Morgan fingerprint density at radius 3 is 2.86 bits per heavy atom. The van der Waals surface area contributed by atoms with E-state index in [1.54, 1.807) is 14.2 Å². The van der Waals surface area contributed by atoms with Crippen LogP contribution in [-0.4, -0.2) is 33.4 Å². The van der Waals surface area contributed by atoms with E-state index >= 15 is 0 Å². The van der Waals surface area contributed by atoms with Gasteiger partial charge in [0.15, 0.2) is 17.6 Å². The van der Waals surface area contributed by atoms with Crippen molar-refractivity contribution in [3.8, 4) is 11.5 Å². The van der Waals surface area contributed by atoms with E-state index < -0.39 is 0 Å². The Kier molecular flexibility index (Phi) is 2.32. The Morgan fingerprint density at radius 1 is 1.27 bits per heavy atom. The summed E-state index contributed by atoms with van der Waals surface area (Å²) in [6, 6.07) is 4.82. The van der Waals surface area contributed by atoms with E-state index in [1.807, 2.05) is 0 Å². The van der Waals surface area contributed by atoms with Gasteiger partial charge in [0.2, 0.25) is 0 Å². The molecule has 2 bridgehead atoms. The van der Waals surface area contributed by atoms with Gasteiger partial charge in [-0.1, -0.05) is 6.07 Å². The largest absolute Gasteiger partial charge is 0.497 e. The van der Waals surface area contributed by atoms with Gasteiger partial charge in [0, 0.05) is 22.9 Å². The van der Waals surface area contributed by atoms with Crippen LogP contribution in [0.25, 0.3) is 0 Å². The highest BCUT2D eigenvalue weighted by Crippen LogP contribution is 2.71. The van der Waals surface area contributed by atoms with E-state index in [1.165, 1.54) is 11.1 Å². The quantitative estimate of drug-likeness (QED) is 0.930. The number of nitrogens with one attached hydrogen (secondary N) is 1. The van der Waals surface area contributed by atoms with Crippen molar-refractivity contribution in [1.82, 2.24) is 5.32 Å². The van der Waals surface area contributed by atoms with Crippen LogP contribution in [0, 0.1) is 5.92 Å². The number of hydrogen-bond donors (Lipinski definition) is 1. The Morgan fingerprint density at radius 2 is 2.14 bits per heavy atom. The predicted molar refractivity (Wildman–Crippen MR) is 82.5 cm³/mol. The standard InChI is InChI=1S/C18H21NO3/c1-19-15-10-8-18-11(15)5-7-13(21-3)17(18)22-16-12(20-2)6-4-9(10)14(16)18/h4,6-7,10-11,15,17,19H,5,8H2,1-3H3/t10?,11?,15?,17-,18-/m1/s1.